The second-order valence-electron chi connectivity index (χ2n) is 2.69. The lowest BCUT2D eigenvalue weighted by atomic mass is 10.2. The fourth-order valence-corrected chi connectivity index (χ4v) is 0.948. The second-order valence-corrected chi connectivity index (χ2v) is 2.69. The summed E-state index contributed by atoms with van der Waals surface area (Å²) in [5.74, 6) is -1.09. The molecule has 1 aromatic rings. The average molecular weight is 178 g/mol. The third kappa shape index (κ3) is 1.87. The molecule has 0 aliphatic carbocycles. The van der Waals surface area contributed by atoms with E-state index < -0.39 is 11.6 Å². The molecule has 1 rings (SSSR count). The van der Waals surface area contributed by atoms with Crippen LogP contribution < -0.4 is 5.73 Å². The van der Waals surface area contributed by atoms with Gasteiger partial charge >= 0.3 is 0 Å². The predicted molar refractivity (Wildman–Crippen MR) is 47.8 cm³/mol. The molecule has 0 aliphatic heterocycles. The first-order chi connectivity index (χ1) is 6.02. The fourth-order valence-electron chi connectivity index (χ4n) is 0.948. The van der Waals surface area contributed by atoms with Crippen molar-refractivity contribution in [3.63, 3.8) is 0 Å². The summed E-state index contributed by atoms with van der Waals surface area (Å²) in [5, 5.41) is 6.95. The van der Waals surface area contributed by atoms with Crippen molar-refractivity contribution in [1.29, 1.82) is 5.41 Å². The molecule has 0 fully saturated rings. The summed E-state index contributed by atoms with van der Waals surface area (Å²) in [4.78, 5) is 19.1. The van der Waals surface area contributed by atoms with Crippen LogP contribution >= 0.6 is 0 Å². The SMILES string of the molecule is Cc1cnc(C(=O)C(=N)N)c(C)n1. The number of nitrogens with one attached hydrogen (secondary N) is 1. The van der Waals surface area contributed by atoms with E-state index in [0.717, 1.165) is 5.69 Å². The first-order valence-electron chi connectivity index (χ1n) is 3.71. The summed E-state index contributed by atoms with van der Waals surface area (Å²) < 4.78 is 0. The van der Waals surface area contributed by atoms with Gasteiger partial charge in [-0.05, 0) is 13.8 Å². The number of hydrogen-bond donors (Lipinski definition) is 2. The zero-order chi connectivity index (χ0) is 10.0. The third-order valence-corrected chi connectivity index (χ3v) is 1.53. The molecule has 0 saturated heterocycles. The Labute approximate surface area is 75.5 Å². The van der Waals surface area contributed by atoms with Gasteiger partial charge in [-0.15, -0.1) is 0 Å². The predicted octanol–water partition coefficient (Wildman–Crippen LogP) is 0.212. The van der Waals surface area contributed by atoms with Crippen molar-refractivity contribution < 1.29 is 4.79 Å². The lowest BCUT2D eigenvalue weighted by molar-refractivity contribution is 0.105. The number of rotatable bonds is 2. The minimum atomic E-state index is -0.579. The maximum atomic E-state index is 11.2. The van der Waals surface area contributed by atoms with E-state index in [4.69, 9.17) is 11.1 Å². The number of ketones is 1. The molecule has 5 heteroatoms. The Hall–Kier alpha value is -1.78. The van der Waals surface area contributed by atoms with Crippen molar-refractivity contribution >= 4 is 11.6 Å². The number of aryl methyl sites for hydroxylation is 2. The molecular formula is C8H10N4O. The lowest BCUT2D eigenvalue weighted by Gasteiger charge is -2.01. The Morgan fingerprint density at radius 3 is 2.62 bits per heavy atom. The number of aromatic nitrogens is 2. The number of amidine groups is 1. The number of Topliss-reactive ketones (excluding diaryl/α,β-unsaturated/α-hetero) is 1. The van der Waals surface area contributed by atoms with Crippen LogP contribution in [0.5, 0.6) is 0 Å². The second kappa shape index (κ2) is 3.30. The molecule has 0 spiro atoms. The molecule has 1 heterocycles. The standard InChI is InChI=1S/C8H10N4O/c1-4-3-11-6(5(2)12-4)7(13)8(9)10/h3H,1-2H3,(H3,9,10). The Kier molecular flexibility index (Phi) is 2.36. The number of nitrogens with zero attached hydrogens (tertiary/aromatic N) is 2. The van der Waals surface area contributed by atoms with Crippen LogP contribution in [0, 0.1) is 19.3 Å². The van der Waals surface area contributed by atoms with Crippen LogP contribution in [-0.4, -0.2) is 21.6 Å². The molecular weight excluding hydrogens is 168 g/mol. The fraction of sp³-hybridized carbons (Fsp3) is 0.250. The molecule has 13 heavy (non-hydrogen) atoms. The maximum absolute atomic E-state index is 11.2. The molecule has 5 nitrogen and oxygen atoms in total. The van der Waals surface area contributed by atoms with E-state index in [0.29, 0.717) is 5.69 Å². The van der Waals surface area contributed by atoms with Gasteiger partial charge in [0.25, 0.3) is 0 Å². The summed E-state index contributed by atoms with van der Waals surface area (Å²) in [6.07, 6.45) is 1.48. The molecule has 0 amide bonds. The molecule has 68 valence electrons. The van der Waals surface area contributed by atoms with Gasteiger partial charge in [-0.25, -0.2) is 4.98 Å². The Bertz CT molecular complexity index is 372. The van der Waals surface area contributed by atoms with E-state index in [1.165, 1.54) is 6.20 Å². The zero-order valence-electron chi connectivity index (χ0n) is 7.46. The molecule has 0 aromatic carbocycles. The molecule has 0 atom stereocenters. The first-order valence-corrected chi connectivity index (χ1v) is 3.71. The van der Waals surface area contributed by atoms with Crippen LogP contribution in [0.3, 0.4) is 0 Å². The summed E-state index contributed by atoms with van der Waals surface area (Å²) in [7, 11) is 0. The van der Waals surface area contributed by atoms with E-state index in [1.54, 1.807) is 13.8 Å². The minimum Gasteiger partial charge on any atom is -0.381 e. The van der Waals surface area contributed by atoms with Crippen molar-refractivity contribution in [2.24, 2.45) is 5.73 Å². The van der Waals surface area contributed by atoms with Crippen molar-refractivity contribution in [2.45, 2.75) is 13.8 Å². The molecule has 0 aliphatic rings. The van der Waals surface area contributed by atoms with Gasteiger partial charge in [-0.3, -0.25) is 15.2 Å². The quantitative estimate of drug-likeness (QED) is 0.384. The Balaban J connectivity index is 3.16. The van der Waals surface area contributed by atoms with Crippen LogP contribution in [0.25, 0.3) is 0 Å². The molecule has 0 radical (unpaired) electrons. The average Bonchev–Trinajstić information content (AvgIpc) is 2.03. The number of carbonyl (C=O) groups excluding carboxylic acids is 1. The highest BCUT2D eigenvalue weighted by atomic mass is 16.1. The van der Waals surface area contributed by atoms with Crippen LogP contribution in [0.1, 0.15) is 21.9 Å². The highest BCUT2D eigenvalue weighted by molar-refractivity contribution is 6.43. The van der Waals surface area contributed by atoms with Crippen LogP contribution in [0.4, 0.5) is 0 Å². The van der Waals surface area contributed by atoms with E-state index in [9.17, 15) is 4.79 Å². The van der Waals surface area contributed by atoms with Crippen LogP contribution in [-0.2, 0) is 0 Å². The van der Waals surface area contributed by atoms with E-state index >= 15 is 0 Å². The van der Waals surface area contributed by atoms with Gasteiger partial charge in [0.05, 0.1) is 11.4 Å². The molecule has 0 saturated carbocycles. The molecule has 1 aromatic heterocycles. The Morgan fingerprint density at radius 2 is 2.15 bits per heavy atom. The summed E-state index contributed by atoms with van der Waals surface area (Å²) >= 11 is 0. The molecule has 0 bridgehead atoms. The van der Waals surface area contributed by atoms with E-state index in [2.05, 4.69) is 9.97 Å². The van der Waals surface area contributed by atoms with Crippen molar-refractivity contribution in [2.75, 3.05) is 0 Å². The monoisotopic (exact) mass is 178 g/mol. The topological polar surface area (TPSA) is 92.7 Å². The lowest BCUT2D eigenvalue weighted by Crippen LogP contribution is -2.24. The minimum absolute atomic E-state index is 0.151. The Morgan fingerprint density at radius 1 is 1.54 bits per heavy atom. The summed E-state index contributed by atoms with van der Waals surface area (Å²) in [6, 6.07) is 0. The largest absolute Gasteiger partial charge is 0.381 e. The van der Waals surface area contributed by atoms with Gasteiger partial charge in [-0.2, -0.15) is 0 Å². The molecule has 0 unspecified atom stereocenters. The number of carbonyl (C=O) groups is 1. The van der Waals surface area contributed by atoms with Gasteiger partial charge in [0.15, 0.2) is 5.84 Å². The van der Waals surface area contributed by atoms with Crippen LogP contribution in [0.15, 0.2) is 6.20 Å². The van der Waals surface area contributed by atoms with Crippen LogP contribution in [0.2, 0.25) is 0 Å². The van der Waals surface area contributed by atoms with Crippen molar-refractivity contribution in [3.8, 4) is 0 Å². The van der Waals surface area contributed by atoms with Gasteiger partial charge in [-0.1, -0.05) is 0 Å². The number of hydrogen-bond acceptors (Lipinski definition) is 4. The first kappa shape index (κ1) is 9.31. The van der Waals surface area contributed by atoms with Gasteiger partial charge in [0.1, 0.15) is 5.69 Å². The molecule has 3 N–H and O–H groups in total. The van der Waals surface area contributed by atoms with Gasteiger partial charge in [0.2, 0.25) is 5.78 Å². The normalized spacial score (nSPS) is 9.69. The third-order valence-electron chi connectivity index (χ3n) is 1.53. The number of nitrogens with two attached hydrogens (primary N) is 1. The van der Waals surface area contributed by atoms with Gasteiger partial charge in [0, 0.05) is 6.20 Å². The highest BCUT2D eigenvalue weighted by Crippen LogP contribution is 2.02. The van der Waals surface area contributed by atoms with Crippen molar-refractivity contribution in [1.82, 2.24) is 9.97 Å². The van der Waals surface area contributed by atoms with Gasteiger partial charge < -0.3 is 5.73 Å². The highest BCUT2D eigenvalue weighted by Gasteiger charge is 2.14. The maximum Gasteiger partial charge on any atom is 0.247 e. The smallest absolute Gasteiger partial charge is 0.247 e. The van der Waals surface area contributed by atoms with Crippen molar-refractivity contribution in [3.05, 3.63) is 23.3 Å². The summed E-state index contributed by atoms with van der Waals surface area (Å²) in [6.45, 7) is 3.44. The summed E-state index contributed by atoms with van der Waals surface area (Å²) in [5.41, 5.74) is 6.43. The van der Waals surface area contributed by atoms with E-state index in [-0.39, 0.29) is 5.69 Å². The van der Waals surface area contributed by atoms with E-state index in [1.807, 2.05) is 0 Å². The zero-order valence-corrected chi connectivity index (χ0v) is 7.46.